The molecule has 1 aromatic rings. The van der Waals surface area contributed by atoms with Crippen molar-refractivity contribution in [3.05, 3.63) is 22.4 Å². The van der Waals surface area contributed by atoms with Gasteiger partial charge < -0.3 is 20.4 Å². The van der Waals surface area contributed by atoms with Crippen LogP contribution in [0.3, 0.4) is 0 Å². The van der Waals surface area contributed by atoms with Gasteiger partial charge >= 0.3 is 6.03 Å². The zero-order valence-electron chi connectivity index (χ0n) is 15.6. The van der Waals surface area contributed by atoms with Crippen LogP contribution in [0.1, 0.15) is 48.2 Å². The van der Waals surface area contributed by atoms with Gasteiger partial charge in [-0.2, -0.15) is 0 Å². The van der Waals surface area contributed by atoms with Crippen molar-refractivity contribution in [1.29, 1.82) is 0 Å². The number of nitrogens with one attached hydrogen (secondary N) is 2. The molecule has 8 heteroatoms. The fraction of sp³-hybridized carbons (Fsp3) is 0.632. The van der Waals surface area contributed by atoms with E-state index < -0.39 is 0 Å². The Morgan fingerprint density at radius 3 is 2.41 bits per heavy atom. The van der Waals surface area contributed by atoms with Crippen LogP contribution in [0.4, 0.5) is 4.79 Å². The molecule has 2 N–H and O–H groups in total. The van der Waals surface area contributed by atoms with Crippen LogP contribution in [0.15, 0.2) is 17.5 Å². The quantitative estimate of drug-likeness (QED) is 0.805. The minimum Gasteiger partial charge on any atom is -0.339 e. The highest BCUT2D eigenvalue weighted by atomic mass is 32.1. The number of urea groups is 1. The molecule has 1 aliphatic carbocycles. The number of carbonyl (C=O) groups is 3. The Bertz CT molecular complexity index is 635. The van der Waals surface area contributed by atoms with Gasteiger partial charge in [0.15, 0.2) is 0 Å². The summed E-state index contributed by atoms with van der Waals surface area (Å²) in [6, 6.07) is 3.79. The fourth-order valence-corrected chi connectivity index (χ4v) is 4.33. The summed E-state index contributed by atoms with van der Waals surface area (Å²) in [5.74, 6) is 0.0642. The first kappa shape index (κ1) is 19.7. The lowest BCUT2D eigenvalue weighted by Crippen LogP contribution is -2.51. The highest BCUT2D eigenvalue weighted by Crippen LogP contribution is 2.17. The van der Waals surface area contributed by atoms with E-state index in [2.05, 4.69) is 10.6 Å². The summed E-state index contributed by atoms with van der Waals surface area (Å²) < 4.78 is 0. The third kappa shape index (κ3) is 5.69. The van der Waals surface area contributed by atoms with Crippen molar-refractivity contribution < 1.29 is 14.4 Å². The van der Waals surface area contributed by atoms with E-state index in [1.54, 1.807) is 9.80 Å². The summed E-state index contributed by atoms with van der Waals surface area (Å²) in [6.07, 6.45) is 5.97. The van der Waals surface area contributed by atoms with Gasteiger partial charge in [0.1, 0.15) is 0 Å². The van der Waals surface area contributed by atoms with Crippen molar-refractivity contribution in [2.75, 3.05) is 32.7 Å². The number of rotatable bonds is 5. The molecule has 0 unspecified atom stereocenters. The van der Waals surface area contributed by atoms with Crippen LogP contribution in [-0.4, -0.2) is 66.4 Å². The van der Waals surface area contributed by atoms with Crippen molar-refractivity contribution in [1.82, 2.24) is 20.4 Å². The average Bonchev–Trinajstić information content (AvgIpc) is 3.23. The van der Waals surface area contributed by atoms with E-state index in [4.69, 9.17) is 0 Å². The molecule has 0 spiro atoms. The number of hydrogen-bond acceptors (Lipinski definition) is 4. The maximum absolute atomic E-state index is 12.3. The number of amides is 4. The Labute approximate surface area is 164 Å². The fourth-order valence-electron chi connectivity index (χ4n) is 3.64. The number of hydrogen-bond donors (Lipinski definition) is 2. The molecule has 2 aliphatic rings. The van der Waals surface area contributed by atoms with Gasteiger partial charge in [-0.25, -0.2) is 4.79 Å². The van der Waals surface area contributed by atoms with Crippen LogP contribution in [0.5, 0.6) is 0 Å². The lowest BCUT2D eigenvalue weighted by Gasteiger charge is -2.34. The molecule has 2 heterocycles. The van der Waals surface area contributed by atoms with E-state index in [-0.39, 0.29) is 30.3 Å². The normalized spacial score (nSPS) is 18.2. The Morgan fingerprint density at radius 1 is 1.04 bits per heavy atom. The Kier molecular flexibility index (Phi) is 7.09. The van der Waals surface area contributed by atoms with E-state index in [9.17, 15) is 14.4 Å². The predicted octanol–water partition coefficient (Wildman–Crippen LogP) is 2.05. The van der Waals surface area contributed by atoms with Crippen molar-refractivity contribution in [3.8, 4) is 0 Å². The Balaban J connectivity index is 1.32. The average molecular weight is 393 g/mol. The zero-order chi connectivity index (χ0) is 19.1. The van der Waals surface area contributed by atoms with Crippen LogP contribution < -0.4 is 10.6 Å². The summed E-state index contributed by atoms with van der Waals surface area (Å²) in [7, 11) is 0. The topological polar surface area (TPSA) is 81.8 Å². The van der Waals surface area contributed by atoms with Gasteiger partial charge in [0, 0.05) is 45.2 Å². The van der Waals surface area contributed by atoms with Crippen molar-refractivity contribution in [3.63, 3.8) is 0 Å². The first-order chi connectivity index (χ1) is 13.1. The zero-order valence-corrected chi connectivity index (χ0v) is 16.4. The van der Waals surface area contributed by atoms with E-state index in [1.165, 1.54) is 30.6 Å². The number of thiophene rings is 1. The second-order valence-electron chi connectivity index (χ2n) is 7.14. The molecule has 0 radical (unpaired) electrons. The smallest absolute Gasteiger partial charge is 0.315 e. The summed E-state index contributed by atoms with van der Waals surface area (Å²) in [6.45, 7) is 2.54. The van der Waals surface area contributed by atoms with E-state index in [0.717, 1.165) is 17.7 Å². The first-order valence-electron chi connectivity index (χ1n) is 9.78. The Morgan fingerprint density at radius 2 is 1.74 bits per heavy atom. The molecule has 1 saturated heterocycles. The molecule has 1 aromatic heterocycles. The highest BCUT2D eigenvalue weighted by molar-refractivity contribution is 7.12. The largest absolute Gasteiger partial charge is 0.339 e. The Hall–Kier alpha value is -2.09. The standard InChI is InChI=1S/C19H28N4O3S/c24-17(8-9-20-19(26)21-15-5-2-1-3-6-15)22-10-12-23(13-11-22)18(25)16-7-4-14-27-16/h4,7,14-15H,1-3,5-6,8-13H2,(H2,20,21,26). The molecule has 3 rings (SSSR count). The van der Waals surface area contributed by atoms with Crippen LogP contribution >= 0.6 is 11.3 Å². The van der Waals surface area contributed by atoms with Crippen LogP contribution in [-0.2, 0) is 4.79 Å². The number of carbonyl (C=O) groups excluding carboxylic acids is 3. The van der Waals surface area contributed by atoms with Crippen LogP contribution in [0.2, 0.25) is 0 Å². The molecule has 27 heavy (non-hydrogen) atoms. The molecule has 4 amide bonds. The SMILES string of the molecule is O=C(NCCC(=O)N1CCN(C(=O)c2cccs2)CC1)NC1CCCCC1. The first-order valence-corrected chi connectivity index (χ1v) is 10.7. The van der Waals surface area contributed by atoms with E-state index in [1.807, 2.05) is 17.5 Å². The lowest BCUT2D eigenvalue weighted by atomic mass is 9.96. The second-order valence-corrected chi connectivity index (χ2v) is 8.08. The second kappa shape index (κ2) is 9.73. The number of piperazine rings is 1. The molecule has 2 fully saturated rings. The van der Waals surface area contributed by atoms with Gasteiger partial charge in [0.25, 0.3) is 5.91 Å². The maximum atomic E-state index is 12.3. The molecular formula is C19H28N4O3S. The van der Waals surface area contributed by atoms with Crippen molar-refractivity contribution in [2.24, 2.45) is 0 Å². The molecule has 7 nitrogen and oxygen atoms in total. The molecule has 148 valence electrons. The molecular weight excluding hydrogens is 364 g/mol. The summed E-state index contributed by atoms with van der Waals surface area (Å²) in [4.78, 5) is 40.9. The monoisotopic (exact) mass is 392 g/mol. The highest BCUT2D eigenvalue weighted by Gasteiger charge is 2.25. The molecule has 0 bridgehead atoms. The maximum Gasteiger partial charge on any atom is 0.315 e. The molecule has 1 saturated carbocycles. The molecule has 0 aromatic carbocycles. The van der Waals surface area contributed by atoms with Gasteiger partial charge in [0.2, 0.25) is 5.91 Å². The van der Waals surface area contributed by atoms with Gasteiger partial charge in [0.05, 0.1) is 4.88 Å². The van der Waals surface area contributed by atoms with E-state index in [0.29, 0.717) is 32.7 Å². The predicted molar refractivity (Wildman–Crippen MR) is 105 cm³/mol. The number of nitrogens with zero attached hydrogens (tertiary/aromatic N) is 2. The van der Waals surface area contributed by atoms with Gasteiger partial charge in [-0.05, 0) is 24.3 Å². The summed E-state index contributed by atoms with van der Waals surface area (Å²) in [5, 5.41) is 7.66. The van der Waals surface area contributed by atoms with Crippen LogP contribution in [0, 0.1) is 0 Å². The van der Waals surface area contributed by atoms with Gasteiger partial charge in [-0.3, -0.25) is 9.59 Å². The van der Waals surface area contributed by atoms with Crippen LogP contribution in [0.25, 0.3) is 0 Å². The van der Waals surface area contributed by atoms with Gasteiger partial charge in [-0.15, -0.1) is 11.3 Å². The minimum atomic E-state index is -0.180. The van der Waals surface area contributed by atoms with E-state index >= 15 is 0 Å². The van der Waals surface area contributed by atoms with Crippen molar-refractivity contribution in [2.45, 2.75) is 44.6 Å². The lowest BCUT2D eigenvalue weighted by molar-refractivity contribution is -0.132. The van der Waals surface area contributed by atoms with Crippen molar-refractivity contribution >= 4 is 29.2 Å². The van der Waals surface area contributed by atoms with Gasteiger partial charge in [-0.1, -0.05) is 25.3 Å². The minimum absolute atomic E-state index is 0.0242. The third-order valence-corrected chi connectivity index (χ3v) is 6.07. The third-order valence-electron chi connectivity index (χ3n) is 5.22. The molecule has 1 aliphatic heterocycles. The summed E-state index contributed by atoms with van der Waals surface area (Å²) in [5.41, 5.74) is 0. The molecule has 0 atom stereocenters. The summed E-state index contributed by atoms with van der Waals surface area (Å²) >= 11 is 1.44.